The number of nitrogen functional groups attached to an aromatic ring is 1. The van der Waals surface area contributed by atoms with E-state index in [4.69, 9.17) is 10.3 Å². The first-order valence-electron chi connectivity index (χ1n) is 6.15. The number of amides is 1. The molecule has 0 atom stereocenters. The van der Waals surface area contributed by atoms with Crippen molar-refractivity contribution >= 4 is 5.91 Å². The fourth-order valence-electron chi connectivity index (χ4n) is 2.39. The number of nitrogens with two attached hydrogens (primary N) is 1. The zero-order valence-corrected chi connectivity index (χ0v) is 10.4. The topological polar surface area (TPSA) is 71.5 Å². The van der Waals surface area contributed by atoms with Gasteiger partial charge in [0.2, 0.25) is 0 Å². The Bertz CT molecular complexity index is 581. The van der Waals surface area contributed by atoms with Crippen LogP contribution in [0.15, 0.2) is 40.8 Å². The molecule has 0 saturated heterocycles. The van der Waals surface area contributed by atoms with Gasteiger partial charge in [0.1, 0.15) is 5.76 Å². The SMILES string of the molecule is NNC(=O)c1ccc(CN2Cc3ccccc3C2)o1. The molecule has 5 heteroatoms. The number of carbonyl (C=O) groups is 1. The van der Waals surface area contributed by atoms with Crippen LogP contribution >= 0.6 is 0 Å². The summed E-state index contributed by atoms with van der Waals surface area (Å²) in [6.45, 7) is 2.51. The van der Waals surface area contributed by atoms with Crippen LogP contribution in [-0.2, 0) is 19.6 Å². The van der Waals surface area contributed by atoms with E-state index in [1.165, 1.54) is 11.1 Å². The summed E-state index contributed by atoms with van der Waals surface area (Å²) >= 11 is 0. The number of hydrazine groups is 1. The first-order chi connectivity index (χ1) is 9.26. The normalized spacial score (nSPS) is 14.4. The lowest BCUT2D eigenvalue weighted by Gasteiger charge is -2.12. The van der Waals surface area contributed by atoms with Crippen LogP contribution in [0, 0.1) is 0 Å². The van der Waals surface area contributed by atoms with Crippen molar-refractivity contribution in [3.05, 3.63) is 59.0 Å². The fourth-order valence-corrected chi connectivity index (χ4v) is 2.39. The summed E-state index contributed by atoms with van der Waals surface area (Å²) in [6.07, 6.45) is 0. The number of benzene rings is 1. The fraction of sp³-hybridized carbons (Fsp3) is 0.214. The van der Waals surface area contributed by atoms with Crippen molar-refractivity contribution in [2.45, 2.75) is 19.6 Å². The quantitative estimate of drug-likeness (QED) is 0.495. The van der Waals surface area contributed by atoms with Gasteiger partial charge in [0.25, 0.3) is 0 Å². The van der Waals surface area contributed by atoms with E-state index in [0.717, 1.165) is 18.8 Å². The van der Waals surface area contributed by atoms with Gasteiger partial charge in [-0.05, 0) is 23.3 Å². The lowest BCUT2D eigenvalue weighted by molar-refractivity contribution is 0.0922. The van der Waals surface area contributed by atoms with Gasteiger partial charge < -0.3 is 4.42 Å². The molecule has 0 radical (unpaired) electrons. The van der Waals surface area contributed by atoms with E-state index in [9.17, 15) is 4.79 Å². The van der Waals surface area contributed by atoms with Gasteiger partial charge in [-0.3, -0.25) is 15.1 Å². The van der Waals surface area contributed by atoms with Crippen molar-refractivity contribution in [2.24, 2.45) is 5.84 Å². The predicted molar refractivity (Wildman–Crippen MR) is 69.8 cm³/mol. The average molecular weight is 257 g/mol. The number of rotatable bonds is 3. The molecule has 0 aliphatic carbocycles. The van der Waals surface area contributed by atoms with Crippen molar-refractivity contribution < 1.29 is 9.21 Å². The molecule has 3 N–H and O–H groups in total. The largest absolute Gasteiger partial charge is 0.455 e. The lowest BCUT2D eigenvalue weighted by atomic mass is 10.1. The van der Waals surface area contributed by atoms with Gasteiger partial charge in [-0.15, -0.1) is 0 Å². The van der Waals surface area contributed by atoms with Crippen molar-refractivity contribution in [1.29, 1.82) is 0 Å². The van der Waals surface area contributed by atoms with Crippen molar-refractivity contribution in [3.63, 3.8) is 0 Å². The molecule has 1 aromatic heterocycles. The Morgan fingerprint density at radius 3 is 2.53 bits per heavy atom. The van der Waals surface area contributed by atoms with Gasteiger partial charge in [0.05, 0.1) is 6.54 Å². The number of carbonyl (C=O) groups excluding carboxylic acids is 1. The summed E-state index contributed by atoms with van der Waals surface area (Å²) < 4.78 is 5.46. The van der Waals surface area contributed by atoms with Crippen LogP contribution in [0.5, 0.6) is 0 Å². The molecule has 0 unspecified atom stereocenters. The summed E-state index contributed by atoms with van der Waals surface area (Å²) in [4.78, 5) is 13.6. The number of fused-ring (bicyclic) bond motifs is 1. The molecular formula is C14H15N3O2. The van der Waals surface area contributed by atoms with Gasteiger partial charge in [-0.2, -0.15) is 0 Å². The second-order valence-electron chi connectivity index (χ2n) is 4.65. The molecule has 1 aliphatic rings. The number of nitrogens with one attached hydrogen (secondary N) is 1. The van der Waals surface area contributed by atoms with Gasteiger partial charge in [-0.1, -0.05) is 24.3 Å². The maximum atomic E-state index is 11.3. The minimum atomic E-state index is -0.407. The molecule has 2 aromatic rings. The molecule has 19 heavy (non-hydrogen) atoms. The van der Waals surface area contributed by atoms with E-state index < -0.39 is 5.91 Å². The van der Waals surface area contributed by atoms with Gasteiger partial charge in [0.15, 0.2) is 5.76 Å². The van der Waals surface area contributed by atoms with Gasteiger partial charge in [-0.25, -0.2) is 5.84 Å². The third-order valence-electron chi connectivity index (χ3n) is 3.30. The average Bonchev–Trinajstić information content (AvgIpc) is 3.04. The highest BCUT2D eigenvalue weighted by Crippen LogP contribution is 2.24. The van der Waals surface area contributed by atoms with Crippen molar-refractivity contribution in [1.82, 2.24) is 10.3 Å². The Labute approximate surface area is 111 Å². The second-order valence-corrected chi connectivity index (χ2v) is 4.65. The van der Waals surface area contributed by atoms with E-state index in [2.05, 4.69) is 34.6 Å². The molecule has 2 heterocycles. The summed E-state index contributed by atoms with van der Waals surface area (Å²) in [7, 11) is 0. The first kappa shape index (κ1) is 12.0. The predicted octanol–water partition coefficient (Wildman–Crippen LogP) is 1.40. The third-order valence-corrected chi connectivity index (χ3v) is 3.30. The van der Waals surface area contributed by atoms with E-state index >= 15 is 0 Å². The zero-order valence-electron chi connectivity index (χ0n) is 10.4. The first-order valence-corrected chi connectivity index (χ1v) is 6.15. The molecule has 0 saturated carbocycles. The Morgan fingerprint density at radius 2 is 1.89 bits per heavy atom. The minimum absolute atomic E-state index is 0.245. The lowest BCUT2D eigenvalue weighted by Crippen LogP contribution is -2.29. The Morgan fingerprint density at radius 1 is 1.21 bits per heavy atom. The van der Waals surface area contributed by atoms with Crippen LogP contribution < -0.4 is 11.3 Å². The van der Waals surface area contributed by atoms with Crippen LogP contribution in [0.1, 0.15) is 27.4 Å². The second kappa shape index (κ2) is 4.87. The molecule has 3 rings (SSSR count). The van der Waals surface area contributed by atoms with Crippen LogP contribution in [-0.4, -0.2) is 10.8 Å². The Kier molecular flexibility index (Phi) is 3.06. The molecule has 1 aromatic carbocycles. The van der Waals surface area contributed by atoms with Gasteiger partial charge >= 0.3 is 5.91 Å². The third kappa shape index (κ3) is 2.38. The maximum absolute atomic E-state index is 11.3. The summed E-state index contributed by atoms with van der Waals surface area (Å²) in [5.41, 5.74) is 4.77. The van der Waals surface area contributed by atoms with Crippen molar-refractivity contribution in [2.75, 3.05) is 0 Å². The maximum Gasteiger partial charge on any atom is 0.300 e. The molecule has 0 bridgehead atoms. The molecule has 1 amide bonds. The van der Waals surface area contributed by atoms with E-state index in [1.54, 1.807) is 6.07 Å². The monoisotopic (exact) mass is 257 g/mol. The highest BCUT2D eigenvalue weighted by molar-refractivity contribution is 5.90. The Hall–Kier alpha value is -2.11. The zero-order chi connectivity index (χ0) is 13.2. The highest BCUT2D eigenvalue weighted by Gasteiger charge is 2.19. The van der Waals surface area contributed by atoms with Crippen LogP contribution in [0.2, 0.25) is 0 Å². The van der Waals surface area contributed by atoms with E-state index in [1.807, 2.05) is 6.07 Å². The summed E-state index contributed by atoms with van der Waals surface area (Å²) in [5, 5.41) is 0. The van der Waals surface area contributed by atoms with Crippen molar-refractivity contribution in [3.8, 4) is 0 Å². The molecule has 0 spiro atoms. The smallest absolute Gasteiger partial charge is 0.300 e. The molecule has 1 aliphatic heterocycles. The number of hydrogen-bond donors (Lipinski definition) is 2. The molecule has 98 valence electrons. The Balaban J connectivity index is 1.68. The van der Waals surface area contributed by atoms with Crippen LogP contribution in [0.4, 0.5) is 0 Å². The van der Waals surface area contributed by atoms with E-state index in [-0.39, 0.29) is 5.76 Å². The highest BCUT2D eigenvalue weighted by atomic mass is 16.4. The number of furan rings is 1. The van der Waals surface area contributed by atoms with E-state index in [0.29, 0.717) is 6.54 Å². The number of hydrogen-bond acceptors (Lipinski definition) is 4. The minimum Gasteiger partial charge on any atom is -0.455 e. The number of nitrogens with zero attached hydrogens (tertiary/aromatic N) is 1. The molecular weight excluding hydrogens is 242 g/mol. The summed E-state index contributed by atoms with van der Waals surface area (Å²) in [5.74, 6) is 5.67. The molecule has 0 fully saturated rings. The van der Waals surface area contributed by atoms with Gasteiger partial charge in [0, 0.05) is 13.1 Å². The summed E-state index contributed by atoms with van der Waals surface area (Å²) in [6, 6.07) is 11.8. The standard InChI is InChI=1S/C14H15N3O2/c15-16-14(18)13-6-5-12(19-13)9-17-7-10-3-1-2-4-11(10)8-17/h1-6H,7-9,15H2,(H,16,18). The molecule has 5 nitrogen and oxygen atoms in total. The van der Waals surface area contributed by atoms with Crippen LogP contribution in [0.3, 0.4) is 0 Å². The van der Waals surface area contributed by atoms with Crippen LogP contribution in [0.25, 0.3) is 0 Å².